The third-order valence-corrected chi connectivity index (χ3v) is 5.60. The zero-order chi connectivity index (χ0) is 18.1. The number of hydrogen-bond donors (Lipinski definition) is 2. The fraction of sp³-hybridized carbons (Fsp3) is 0.778. The van der Waals surface area contributed by atoms with Gasteiger partial charge in [-0.25, -0.2) is 4.98 Å². The van der Waals surface area contributed by atoms with Crippen LogP contribution in [0.3, 0.4) is 0 Å². The first-order valence-electron chi connectivity index (χ1n) is 9.33. The van der Waals surface area contributed by atoms with Gasteiger partial charge in [-0.15, -0.1) is 35.3 Å². The number of aromatic nitrogens is 1. The molecule has 2 N–H and O–H groups in total. The Balaban J connectivity index is 0.00000338. The fourth-order valence-electron chi connectivity index (χ4n) is 3.05. The number of guanidine groups is 1. The molecule has 8 heteroatoms. The standard InChI is InChI=1S/C18H33N5OS.HI/c1-5-17-22-15(13-25-17)6-7-20-18(19-4)21-12-16(14(2)3)23-8-10-24-11-9-23;/h13-14,16H,5-12H2,1-4H3,(H2,19,20,21);1H. The molecule has 1 saturated heterocycles. The highest BCUT2D eigenvalue weighted by Crippen LogP contribution is 2.12. The summed E-state index contributed by atoms with van der Waals surface area (Å²) in [5.74, 6) is 1.45. The number of ether oxygens (including phenoxy) is 1. The van der Waals surface area contributed by atoms with Crippen LogP contribution in [0.1, 0.15) is 31.5 Å². The Morgan fingerprint density at radius 3 is 2.65 bits per heavy atom. The Bertz CT molecular complexity index is 531. The summed E-state index contributed by atoms with van der Waals surface area (Å²) in [6.45, 7) is 12.2. The van der Waals surface area contributed by atoms with Crippen LogP contribution in [0.25, 0.3) is 0 Å². The first-order chi connectivity index (χ1) is 12.1. The van der Waals surface area contributed by atoms with E-state index in [9.17, 15) is 0 Å². The highest BCUT2D eigenvalue weighted by atomic mass is 127. The largest absolute Gasteiger partial charge is 0.379 e. The normalized spacial score (nSPS) is 17.0. The van der Waals surface area contributed by atoms with Crippen LogP contribution in [0.15, 0.2) is 10.4 Å². The van der Waals surface area contributed by atoms with Crippen molar-refractivity contribution in [1.29, 1.82) is 0 Å². The van der Waals surface area contributed by atoms with E-state index < -0.39 is 0 Å². The minimum absolute atomic E-state index is 0. The molecule has 2 rings (SSSR count). The Morgan fingerprint density at radius 2 is 2.08 bits per heavy atom. The lowest BCUT2D eigenvalue weighted by Crippen LogP contribution is -2.52. The summed E-state index contributed by atoms with van der Waals surface area (Å²) in [6, 6.07) is 0.494. The molecule has 0 bridgehead atoms. The van der Waals surface area contributed by atoms with Crippen LogP contribution in [0.5, 0.6) is 0 Å². The molecule has 1 aromatic rings. The molecule has 1 aliphatic rings. The van der Waals surface area contributed by atoms with Gasteiger partial charge in [-0.1, -0.05) is 20.8 Å². The van der Waals surface area contributed by atoms with Crippen LogP contribution in [0.4, 0.5) is 0 Å². The number of aryl methyl sites for hydroxylation is 1. The van der Waals surface area contributed by atoms with Gasteiger partial charge in [0, 0.05) is 51.1 Å². The van der Waals surface area contributed by atoms with E-state index in [2.05, 4.69) is 51.7 Å². The molecule has 0 amide bonds. The van der Waals surface area contributed by atoms with E-state index in [1.807, 2.05) is 7.05 Å². The maximum Gasteiger partial charge on any atom is 0.191 e. The molecule has 0 spiro atoms. The third kappa shape index (κ3) is 7.66. The van der Waals surface area contributed by atoms with Crippen molar-refractivity contribution in [2.75, 3.05) is 46.4 Å². The van der Waals surface area contributed by atoms with Gasteiger partial charge < -0.3 is 15.4 Å². The van der Waals surface area contributed by atoms with Crippen molar-refractivity contribution >= 4 is 41.3 Å². The molecule has 1 fully saturated rings. The zero-order valence-electron chi connectivity index (χ0n) is 16.5. The van der Waals surface area contributed by atoms with Gasteiger partial charge in [-0.2, -0.15) is 0 Å². The summed E-state index contributed by atoms with van der Waals surface area (Å²) < 4.78 is 5.48. The fourth-order valence-corrected chi connectivity index (χ4v) is 3.83. The maximum atomic E-state index is 5.48. The van der Waals surface area contributed by atoms with E-state index >= 15 is 0 Å². The highest BCUT2D eigenvalue weighted by Gasteiger charge is 2.23. The molecule has 6 nitrogen and oxygen atoms in total. The van der Waals surface area contributed by atoms with Crippen LogP contribution in [0.2, 0.25) is 0 Å². The Labute approximate surface area is 179 Å². The van der Waals surface area contributed by atoms with Gasteiger partial charge in [0.2, 0.25) is 0 Å². The summed E-state index contributed by atoms with van der Waals surface area (Å²) in [7, 11) is 1.83. The van der Waals surface area contributed by atoms with Gasteiger partial charge in [0.1, 0.15) is 0 Å². The van der Waals surface area contributed by atoms with Gasteiger partial charge in [0.25, 0.3) is 0 Å². The van der Waals surface area contributed by atoms with E-state index in [1.54, 1.807) is 11.3 Å². The number of halogens is 1. The number of aliphatic imine (C=N–C) groups is 1. The first-order valence-corrected chi connectivity index (χ1v) is 10.2. The summed E-state index contributed by atoms with van der Waals surface area (Å²) in [6.07, 6.45) is 1.94. The van der Waals surface area contributed by atoms with Gasteiger partial charge in [-0.3, -0.25) is 9.89 Å². The van der Waals surface area contributed by atoms with Crippen molar-refractivity contribution in [3.63, 3.8) is 0 Å². The number of nitrogens with one attached hydrogen (secondary N) is 2. The third-order valence-electron chi connectivity index (χ3n) is 4.56. The summed E-state index contributed by atoms with van der Waals surface area (Å²) in [5, 5.41) is 10.3. The monoisotopic (exact) mass is 495 g/mol. The average molecular weight is 495 g/mol. The zero-order valence-corrected chi connectivity index (χ0v) is 19.6. The molecule has 0 saturated carbocycles. The quantitative estimate of drug-likeness (QED) is 0.330. The number of nitrogens with zero attached hydrogens (tertiary/aromatic N) is 3. The molecule has 1 unspecified atom stereocenters. The molecular weight excluding hydrogens is 461 g/mol. The molecule has 1 atom stereocenters. The lowest BCUT2D eigenvalue weighted by Gasteiger charge is -2.37. The summed E-state index contributed by atoms with van der Waals surface area (Å²) in [4.78, 5) is 11.5. The lowest BCUT2D eigenvalue weighted by molar-refractivity contribution is 0.00752. The maximum absolute atomic E-state index is 5.48. The predicted octanol–water partition coefficient (Wildman–Crippen LogP) is 2.39. The minimum Gasteiger partial charge on any atom is -0.379 e. The van der Waals surface area contributed by atoms with Gasteiger partial charge in [0.05, 0.1) is 23.9 Å². The van der Waals surface area contributed by atoms with Crippen molar-refractivity contribution in [1.82, 2.24) is 20.5 Å². The highest BCUT2D eigenvalue weighted by molar-refractivity contribution is 14.0. The Hall–Kier alpha value is -0.450. The smallest absolute Gasteiger partial charge is 0.191 e. The molecule has 0 aliphatic carbocycles. The average Bonchev–Trinajstić information content (AvgIpc) is 3.09. The Kier molecular flexibility index (Phi) is 11.7. The molecule has 1 aliphatic heterocycles. The van der Waals surface area contributed by atoms with Crippen LogP contribution in [0, 0.1) is 5.92 Å². The molecular formula is C18H34IN5OS. The number of thiazole rings is 1. The second kappa shape index (κ2) is 12.9. The second-order valence-corrected chi connectivity index (χ2v) is 7.62. The SMILES string of the molecule is CCc1nc(CCNC(=NC)NCC(C(C)C)N2CCOCC2)cs1.I. The molecule has 26 heavy (non-hydrogen) atoms. The number of rotatable bonds is 8. The summed E-state index contributed by atoms with van der Waals surface area (Å²) in [5.41, 5.74) is 1.16. The van der Waals surface area contributed by atoms with Gasteiger partial charge >= 0.3 is 0 Å². The Morgan fingerprint density at radius 1 is 1.35 bits per heavy atom. The van der Waals surface area contributed by atoms with E-state index in [0.29, 0.717) is 12.0 Å². The lowest BCUT2D eigenvalue weighted by atomic mass is 10.0. The number of hydrogen-bond acceptors (Lipinski definition) is 5. The van der Waals surface area contributed by atoms with Crippen molar-refractivity contribution in [3.8, 4) is 0 Å². The summed E-state index contributed by atoms with van der Waals surface area (Å²) >= 11 is 1.75. The minimum atomic E-state index is 0. The van der Waals surface area contributed by atoms with Crippen LogP contribution >= 0.6 is 35.3 Å². The van der Waals surface area contributed by atoms with E-state index in [1.165, 1.54) is 5.01 Å². The van der Waals surface area contributed by atoms with E-state index in [4.69, 9.17) is 4.74 Å². The van der Waals surface area contributed by atoms with Crippen LogP contribution in [-0.2, 0) is 17.6 Å². The van der Waals surface area contributed by atoms with Crippen LogP contribution < -0.4 is 10.6 Å². The molecule has 1 aromatic heterocycles. The molecule has 0 radical (unpaired) electrons. The number of morpholine rings is 1. The molecule has 0 aromatic carbocycles. The van der Waals surface area contributed by atoms with E-state index in [-0.39, 0.29) is 24.0 Å². The second-order valence-electron chi connectivity index (χ2n) is 6.68. The molecule has 150 valence electrons. The predicted molar refractivity (Wildman–Crippen MR) is 121 cm³/mol. The van der Waals surface area contributed by atoms with Gasteiger partial charge in [0.15, 0.2) is 5.96 Å². The van der Waals surface area contributed by atoms with E-state index in [0.717, 1.165) is 63.9 Å². The van der Waals surface area contributed by atoms with Crippen molar-refractivity contribution in [2.45, 2.75) is 39.7 Å². The topological polar surface area (TPSA) is 61.8 Å². The van der Waals surface area contributed by atoms with Crippen molar-refractivity contribution in [2.24, 2.45) is 10.9 Å². The van der Waals surface area contributed by atoms with Crippen molar-refractivity contribution in [3.05, 3.63) is 16.1 Å². The molecule has 2 heterocycles. The van der Waals surface area contributed by atoms with Crippen LogP contribution in [-0.4, -0.2) is 68.3 Å². The van der Waals surface area contributed by atoms with Crippen molar-refractivity contribution < 1.29 is 4.74 Å². The van der Waals surface area contributed by atoms with Gasteiger partial charge in [-0.05, 0) is 12.3 Å². The first kappa shape index (κ1) is 23.6.